The molecule has 1 heterocycles. The van der Waals surface area contributed by atoms with E-state index >= 15 is 0 Å². The Balaban J connectivity index is 1.74. The molecule has 172 valence electrons. The standard InChI is InChI=1S/C26H34N2O4/c1-4-19(3)27-26(30)22(5-2)28(18-21-9-7-6-8-10-21)25(29)14-12-20-11-13-23-24(17-20)32-16-15-31-23/h6-11,13,17,19,22H,4-5,12,14-16,18H2,1-3H3,(H,27,30). The molecule has 1 N–H and O–H groups in total. The van der Waals surface area contributed by atoms with Crippen LogP contribution in [0, 0.1) is 0 Å². The van der Waals surface area contributed by atoms with Crippen LogP contribution < -0.4 is 14.8 Å². The van der Waals surface area contributed by atoms with Gasteiger partial charge in [0.1, 0.15) is 19.3 Å². The van der Waals surface area contributed by atoms with Gasteiger partial charge in [0.25, 0.3) is 0 Å². The van der Waals surface area contributed by atoms with Crippen molar-refractivity contribution in [1.82, 2.24) is 10.2 Å². The van der Waals surface area contributed by atoms with Gasteiger partial charge in [0, 0.05) is 19.0 Å². The minimum Gasteiger partial charge on any atom is -0.486 e. The topological polar surface area (TPSA) is 67.9 Å². The van der Waals surface area contributed by atoms with Crippen molar-refractivity contribution in [2.45, 2.75) is 65.1 Å². The van der Waals surface area contributed by atoms with E-state index in [0.717, 1.165) is 29.0 Å². The molecule has 6 heteroatoms. The van der Waals surface area contributed by atoms with Gasteiger partial charge < -0.3 is 19.7 Å². The van der Waals surface area contributed by atoms with E-state index in [1.807, 2.05) is 69.3 Å². The third-order valence-corrected chi connectivity index (χ3v) is 5.82. The van der Waals surface area contributed by atoms with Crippen LogP contribution in [0.3, 0.4) is 0 Å². The Morgan fingerprint density at radius 1 is 0.969 bits per heavy atom. The molecule has 0 bridgehead atoms. The summed E-state index contributed by atoms with van der Waals surface area (Å²) < 4.78 is 11.2. The molecule has 2 unspecified atom stereocenters. The lowest BCUT2D eigenvalue weighted by atomic mass is 10.1. The van der Waals surface area contributed by atoms with Gasteiger partial charge in [-0.15, -0.1) is 0 Å². The maximum atomic E-state index is 13.4. The summed E-state index contributed by atoms with van der Waals surface area (Å²) in [5.41, 5.74) is 2.02. The molecule has 0 aromatic heterocycles. The maximum Gasteiger partial charge on any atom is 0.243 e. The molecular weight excluding hydrogens is 404 g/mol. The van der Waals surface area contributed by atoms with Crippen LogP contribution in [0.1, 0.15) is 51.2 Å². The summed E-state index contributed by atoms with van der Waals surface area (Å²) in [7, 11) is 0. The second-order valence-electron chi connectivity index (χ2n) is 8.23. The van der Waals surface area contributed by atoms with Gasteiger partial charge in [-0.2, -0.15) is 0 Å². The van der Waals surface area contributed by atoms with E-state index in [2.05, 4.69) is 5.32 Å². The van der Waals surface area contributed by atoms with Crippen molar-refractivity contribution >= 4 is 11.8 Å². The van der Waals surface area contributed by atoms with Crippen LogP contribution in [0.4, 0.5) is 0 Å². The fraction of sp³-hybridized carbons (Fsp3) is 0.462. The number of aryl methyl sites for hydroxylation is 1. The highest BCUT2D eigenvalue weighted by Crippen LogP contribution is 2.31. The van der Waals surface area contributed by atoms with Crippen LogP contribution in [0.5, 0.6) is 11.5 Å². The number of ether oxygens (including phenoxy) is 2. The van der Waals surface area contributed by atoms with E-state index in [1.54, 1.807) is 4.90 Å². The Bertz CT molecular complexity index is 900. The number of carbonyl (C=O) groups is 2. The second-order valence-corrected chi connectivity index (χ2v) is 8.23. The first-order valence-corrected chi connectivity index (χ1v) is 11.5. The minimum atomic E-state index is -0.503. The Morgan fingerprint density at radius 3 is 2.38 bits per heavy atom. The molecule has 32 heavy (non-hydrogen) atoms. The maximum absolute atomic E-state index is 13.4. The van der Waals surface area contributed by atoms with Crippen molar-refractivity contribution in [3.8, 4) is 11.5 Å². The Hall–Kier alpha value is -3.02. The summed E-state index contributed by atoms with van der Waals surface area (Å²) in [5, 5.41) is 3.05. The third-order valence-electron chi connectivity index (χ3n) is 5.82. The number of nitrogens with zero attached hydrogens (tertiary/aromatic N) is 1. The van der Waals surface area contributed by atoms with Crippen molar-refractivity contribution in [3.63, 3.8) is 0 Å². The highest BCUT2D eigenvalue weighted by atomic mass is 16.6. The van der Waals surface area contributed by atoms with E-state index in [4.69, 9.17) is 9.47 Å². The third kappa shape index (κ3) is 6.25. The molecule has 2 atom stereocenters. The molecule has 1 aliphatic heterocycles. The van der Waals surface area contributed by atoms with Crippen molar-refractivity contribution in [2.24, 2.45) is 0 Å². The summed E-state index contributed by atoms with van der Waals surface area (Å²) in [6.45, 7) is 7.46. The van der Waals surface area contributed by atoms with E-state index < -0.39 is 6.04 Å². The molecule has 3 rings (SSSR count). The zero-order valence-electron chi connectivity index (χ0n) is 19.3. The first-order valence-electron chi connectivity index (χ1n) is 11.5. The molecule has 6 nitrogen and oxygen atoms in total. The van der Waals surface area contributed by atoms with Gasteiger partial charge >= 0.3 is 0 Å². The van der Waals surface area contributed by atoms with Gasteiger partial charge in [0.15, 0.2) is 11.5 Å². The van der Waals surface area contributed by atoms with Gasteiger partial charge in [-0.1, -0.05) is 50.2 Å². The number of fused-ring (bicyclic) bond motifs is 1. The predicted octanol–water partition coefficient (Wildman–Crippen LogP) is 4.11. The lowest BCUT2D eigenvalue weighted by Gasteiger charge is -2.31. The van der Waals surface area contributed by atoms with Crippen molar-refractivity contribution in [2.75, 3.05) is 13.2 Å². The van der Waals surface area contributed by atoms with E-state index in [0.29, 0.717) is 39.0 Å². The van der Waals surface area contributed by atoms with E-state index in [9.17, 15) is 9.59 Å². The quantitative estimate of drug-likeness (QED) is 0.606. The molecule has 0 saturated heterocycles. The lowest BCUT2D eigenvalue weighted by Crippen LogP contribution is -2.50. The smallest absolute Gasteiger partial charge is 0.243 e. The van der Waals surface area contributed by atoms with Crippen molar-refractivity contribution in [1.29, 1.82) is 0 Å². The minimum absolute atomic E-state index is 0.0325. The Kier molecular flexibility index (Phi) is 8.54. The summed E-state index contributed by atoms with van der Waals surface area (Å²) in [6.07, 6.45) is 2.30. The van der Waals surface area contributed by atoms with E-state index in [-0.39, 0.29) is 17.9 Å². The molecule has 1 aliphatic rings. The number of nitrogens with one attached hydrogen (secondary N) is 1. The molecule has 2 amide bonds. The highest BCUT2D eigenvalue weighted by Gasteiger charge is 2.29. The van der Waals surface area contributed by atoms with Gasteiger partial charge in [0.2, 0.25) is 11.8 Å². The normalized spacial score (nSPS) is 14.3. The molecule has 2 aromatic rings. The summed E-state index contributed by atoms with van der Waals surface area (Å²) in [6, 6.07) is 15.2. The molecule has 0 aliphatic carbocycles. The molecule has 0 saturated carbocycles. The average Bonchev–Trinajstić information content (AvgIpc) is 2.82. The number of hydrogen-bond acceptors (Lipinski definition) is 4. The van der Waals surface area contributed by atoms with Gasteiger partial charge in [-0.05, 0) is 49.4 Å². The highest BCUT2D eigenvalue weighted by molar-refractivity contribution is 5.88. The number of carbonyl (C=O) groups excluding carboxylic acids is 2. The second kappa shape index (κ2) is 11.6. The largest absolute Gasteiger partial charge is 0.486 e. The first-order chi connectivity index (χ1) is 15.5. The van der Waals surface area contributed by atoms with Crippen molar-refractivity contribution in [3.05, 3.63) is 59.7 Å². The van der Waals surface area contributed by atoms with Gasteiger partial charge in [0.05, 0.1) is 0 Å². The fourth-order valence-electron chi connectivity index (χ4n) is 3.78. The van der Waals surface area contributed by atoms with Crippen LogP contribution in [-0.2, 0) is 22.6 Å². The SMILES string of the molecule is CCC(C)NC(=O)C(CC)N(Cc1ccccc1)C(=O)CCc1ccc2c(c1)OCCO2. The van der Waals surface area contributed by atoms with Gasteiger partial charge in [-0.25, -0.2) is 0 Å². The van der Waals surface area contributed by atoms with Crippen LogP contribution in [0.15, 0.2) is 48.5 Å². The molecule has 0 radical (unpaired) electrons. The van der Waals surface area contributed by atoms with Crippen molar-refractivity contribution < 1.29 is 19.1 Å². The average molecular weight is 439 g/mol. The number of amides is 2. The van der Waals surface area contributed by atoms with Crippen LogP contribution >= 0.6 is 0 Å². The number of benzene rings is 2. The van der Waals surface area contributed by atoms with Crippen LogP contribution in [0.2, 0.25) is 0 Å². The Morgan fingerprint density at radius 2 is 1.69 bits per heavy atom. The summed E-state index contributed by atoms with van der Waals surface area (Å²) in [4.78, 5) is 28.1. The summed E-state index contributed by atoms with van der Waals surface area (Å²) >= 11 is 0. The first kappa shape index (κ1) is 23.6. The number of rotatable bonds is 10. The van der Waals surface area contributed by atoms with Gasteiger partial charge in [-0.3, -0.25) is 9.59 Å². The number of hydrogen-bond donors (Lipinski definition) is 1. The molecular formula is C26H34N2O4. The lowest BCUT2D eigenvalue weighted by molar-refractivity contribution is -0.141. The van der Waals surface area contributed by atoms with Crippen LogP contribution in [-0.4, -0.2) is 42.0 Å². The van der Waals surface area contributed by atoms with E-state index in [1.165, 1.54) is 0 Å². The zero-order chi connectivity index (χ0) is 22.9. The Labute approximate surface area is 190 Å². The summed E-state index contributed by atoms with van der Waals surface area (Å²) in [5.74, 6) is 1.34. The molecule has 0 spiro atoms. The fourth-order valence-corrected chi connectivity index (χ4v) is 3.78. The van der Waals surface area contributed by atoms with Crippen LogP contribution in [0.25, 0.3) is 0 Å². The predicted molar refractivity (Wildman–Crippen MR) is 125 cm³/mol. The molecule has 2 aromatic carbocycles. The zero-order valence-corrected chi connectivity index (χ0v) is 19.3. The monoisotopic (exact) mass is 438 g/mol. The molecule has 0 fully saturated rings.